The molecule has 1 aliphatic rings. The summed E-state index contributed by atoms with van der Waals surface area (Å²) in [4.78, 5) is 12.3. The number of hydrogen-bond acceptors (Lipinski definition) is 2. The predicted octanol–water partition coefficient (Wildman–Crippen LogP) is 2.80. The van der Waals surface area contributed by atoms with Crippen molar-refractivity contribution in [3.8, 4) is 0 Å². The second-order valence-corrected chi connectivity index (χ2v) is 5.42. The summed E-state index contributed by atoms with van der Waals surface area (Å²) in [7, 11) is 0. The quantitative estimate of drug-likeness (QED) is 0.866. The molecule has 0 radical (unpaired) electrons. The van der Waals surface area contributed by atoms with Crippen LogP contribution < -0.4 is 5.73 Å². The molecule has 2 rings (SSSR count). The number of nitrogens with two attached hydrogens (primary N) is 1. The van der Waals surface area contributed by atoms with Gasteiger partial charge in [-0.3, -0.25) is 4.79 Å². The van der Waals surface area contributed by atoms with Crippen molar-refractivity contribution in [3.05, 3.63) is 34.9 Å². The van der Waals surface area contributed by atoms with Crippen LogP contribution in [0.1, 0.15) is 49.8 Å². The molecule has 18 heavy (non-hydrogen) atoms. The Morgan fingerprint density at radius 1 is 1.22 bits per heavy atom. The molecule has 0 aliphatic heterocycles. The second kappa shape index (κ2) is 5.23. The van der Waals surface area contributed by atoms with E-state index >= 15 is 0 Å². The van der Waals surface area contributed by atoms with Crippen LogP contribution in [0.2, 0.25) is 0 Å². The van der Waals surface area contributed by atoms with Gasteiger partial charge < -0.3 is 5.73 Å². The molecule has 0 bridgehead atoms. The lowest BCUT2D eigenvalue weighted by atomic mass is 9.85. The summed E-state index contributed by atoms with van der Waals surface area (Å²) >= 11 is 0. The lowest BCUT2D eigenvalue weighted by Crippen LogP contribution is -2.47. The third kappa shape index (κ3) is 2.49. The first-order valence-corrected chi connectivity index (χ1v) is 7.02. The molecule has 0 saturated heterocycles. The average Bonchev–Trinajstić information content (AvgIpc) is 2.85. The molecule has 2 nitrogen and oxygen atoms in total. The summed E-state index contributed by atoms with van der Waals surface area (Å²) in [5.41, 5.74) is 9.52. The van der Waals surface area contributed by atoms with E-state index in [2.05, 4.69) is 18.2 Å². The zero-order valence-electron chi connectivity index (χ0n) is 11.5. The number of hydrogen-bond donors (Lipinski definition) is 1. The van der Waals surface area contributed by atoms with Crippen molar-refractivity contribution in [2.45, 2.75) is 57.9 Å². The molecule has 2 heteroatoms. The first kappa shape index (κ1) is 13.3. The van der Waals surface area contributed by atoms with Crippen LogP contribution in [0, 0.1) is 0 Å². The zero-order chi connectivity index (χ0) is 13.2. The lowest BCUT2D eigenvalue weighted by molar-refractivity contribution is -0.123. The van der Waals surface area contributed by atoms with Gasteiger partial charge in [0.15, 0.2) is 5.78 Å². The van der Waals surface area contributed by atoms with E-state index in [-0.39, 0.29) is 5.78 Å². The van der Waals surface area contributed by atoms with Crippen LogP contribution in [0.5, 0.6) is 0 Å². The number of Topliss-reactive ketones (excluding diaryl/α,β-unsaturated/α-hetero) is 1. The Hall–Kier alpha value is -1.15. The Balaban J connectivity index is 2.12. The molecule has 1 aromatic rings. The number of ketones is 1. The smallest absolute Gasteiger partial charge is 0.156 e. The maximum absolute atomic E-state index is 12.3. The molecule has 98 valence electrons. The fourth-order valence-electron chi connectivity index (χ4n) is 2.74. The number of rotatable bonds is 5. The van der Waals surface area contributed by atoms with Crippen LogP contribution >= 0.6 is 0 Å². The van der Waals surface area contributed by atoms with Crippen molar-refractivity contribution in [2.75, 3.05) is 0 Å². The highest BCUT2D eigenvalue weighted by Gasteiger charge is 2.29. The van der Waals surface area contributed by atoms with Gasteiger partial charge in [0.2, 0.25) is 0 Å². The Morgan fingerprint density at radius 3 is 2.56 bits per heavy atom. The van der Waals surface area contributed by atoms with Gasteiger partial charge in [-0.15, -0.1) is 0 Å². The number of aryl methyl sites for hydroxylation is 2. The van der Waals surface area contributed by atoms with E-state index in [1.807, 2.05) is 13.8 Å². The summed E-state index contributed by atoms with van der Waals surface area (Å²) in [5, 5.41) is 0. The molecule has 0 atom stereocenters. The summed E-state index contributed by atoms with van der Waals surface area (Å²) < 4.78 is 0. The van der Waals surface area contributed by atoms with Gasteiger partial charge in [-0.2, -0.15) is 0 Å². The Morgan fingerprint density at radius 2 is 1.89 bits per heavy atom. The molecular formula is C16H23NO. The van der Waals surface area contributed by atoms with Crippen molar-refractivity contribution >= 4 is 5.78 Å². The molecule has 0 fully saturated rings. The standard InChI is InChI=1S/C16H23NO/c1-3-16(17,4-2)15(18)11-12-8-9-13-6-5-7-14(13)10-12/h8-10H,3-7,11,17H2,1-2H3. The monoisotopic (exact) mass is 245 g/mol. The SMILES string of the molecule is CCC(N)(CC)C(=O)Cc1ccc2c(c1)CCC2. The van der Waals surface area contributed by atoms with Crippen molar-refractivity contribution in [2.24, 2.45) is 5.73 Å². The Bertz CT molecular complexity index is 446. The van der Waals surface area contributed by atoms with Gasteiger partial charge in [-0.1, -0.05) is 32.0 Å². The first-order valence-electron chi connectivity index (χ1n) is 7.02. The number of carbonyl (C=O) groups is 1. The maximum Gasteiger partial charge on any atom is 0.156 e. The molecule has 0 unspecified atom stereocenters. The topological polar surface area (TPSA) is 43.1 Å². The fourth-order valence-corrected chi connectivity index (χ4v) is 2.74. The summed E-state index contributed by atoms with van der Waals surface area (Å²) in [6, 6.07) is 6.47. The third-order valence-electron chi connectivity index (χ3n) is 4.34. The molecule has 0 aromatic heterocycles. The molecule has 0 heterocycles. The minimum Gasteiger partial charge on any atom is -0.319 e. The van der Waals surface area contributed by atoms with Crippen molar-refractivity contribution in [3.63, 3.8) is 0 Å². The highest BCUT2D eigenvalue weighted by Crippen LogP contribution is 2.24. The van der Waals surface area contributed by atoms with E-state index in [0.717, 1.165) is 12.0 Å². The highest BCUT2D eigenvalue weighted by atomic mass is 16.1. The van der Waals surface area contributed by atoms with E-state index in [1.54, 1.807) is 0 Å². The normalized spacial score (nSPS) is 14.6. The van der Waals surface area contributed by atoms with E-state index < -0.39 is 5.54 Å². The third-order valence-corrected chi connectivity index (χ3v) is 4.34. The Kier molecular flexibility index (Phi) is 3.86. The molecule has 0 amide bonds. The first-order chi connectivity index (χ1) is 8.59. The Labute approximate surface area is 110 Å². The molecule has 1 aromatic carbocycles. The number of fused-ring (bicyclic) bond motifs is 1. The summed E-state index contributed by atoms with van der Waals surface area (Å²) in [6.45, 7) is 3.98. The molecule has 1 aliphatic carbocycles. The summed E-state index contributed by atoms with van der Waals surface area (Å²) in [6.07, 6.45) is 5.50. The molecule has 0 saturated carbocycles. The maximum atomic E-state index is 12.3. The minimum absolute atomic E-state index is 0.172. The van der Waals surface area contributed by atoms with Crippen LogP contribution in [-0.4, -0.2) is 11.3 Å². The number of carbonyl (C=O) groups excluding carboxylic acids is 1. The van der Waals surface area contributed by atoms with E-state index in [1.165, 1.54) is 24.0 Å². The van der Waals surface area contributed by atoms with Gasteiger partial charge in [-0.05, 0) is 48.8 Å². The van der Waals surface area contributed by atoms with Crippen molar-refractivity contribution in [1.82, 2.24) is 0 Å². The van der Waals surface area contributed by atoms with Crippen molar-refractivity contribution in [1.29, 1.82) is 0 Å². The number of benzene rings is 1. The van der Waals surface area contributed by atoms with Crippen LogP contribution in [-0.2, 0) is 24.1 Å². The molecule has 0 spiro atoms. The van der Waals surface area contributed by atoms with Gasteiger partial charge in [0.1, 0.15) is 0 Å². The van der Waals surface area contributed by atoms with E-state index in [4.69, 9.17) is 5.73 Å². The second-order valence-electron chi connectivity index (χ2n) is 5.42. The van der Waals surface area contributed by atoms with Gasteiger partial charge in [0.05, 0.1) is 5.54 Å². The fraction of sp³-hybridized carbons (Fsp3) is 0.562. The van der Waals surface area contributed by atoms with E-state index in [9.17, 15) is 4.79 Å². The average molecular weight is 245 g/mol. The molecular weight excluding hydrogens is 222 g/mol. The van der Waals surface area contributed by atoms with Crippen molar-refractivity contribution < 1.29 is 4.79 Å². The van der Waals surface area contributed by atoms with Gasteiger partial charge in [-0.25, -0.2) is 0 Å². The van der Waals surface area contributed by atoms with Crippen LogP contribution in [0.15, 0.2) is 18.2 Å². The van der Waals surface area contributed by atoms with Gasteiger partial charge in [0, 0.05) is 6.42 Å². The van der Waals surface area contributed by atoms with Crippen LogP contribution in [0.25, 0.3) is 0 Å². The summed E-state index contributed by atoms with van der Waals surface area (Å²) in [5.74, 6) is 0.172. The van der Waals surface area contributed by atoms with Crippen LogP contribution in [0.4, 0.5) is 0 Å². The van der Waals surface area contributed by atoms with Crippen LogP contribution in [0.3, 0.4) is 0 Å². The molecule has 2 N–H and O–H groups in total. The van der Waals surface area contributed by atoms with Gasteiger partial charge in [0.25, 0.3) is 0 Å². The minimum atomic E-state index is -0.640. The van der Waals surface area contributed by atoms with E-state index in [0.29, 0.717) is 19.3 Å². The zero-order valence-corrected chi connectivity index (χ0v) is 11.5. The largest absolute Gasteiger partial charge is 0.319 e. The highest BCUT2D eigenvalue weighted by molar-refractivity contribution is 5.89. The van der Waals surface area contributed by atoms with Gasteiger partial charge >= 0.3 is 0 Å². The predicted molar refractivity (Wildman–Crippen MR) is 74.7 cm³/mol. The lowest BCUT2D eigenvalue weighted by Gasteiger charge is -2.25.